The Bertz CT molecular complexity index is 362. The molecule has 100 valence electrons. The number of nitrogens with one attached hydrogen (secondary N) is 1. The van der Waals surface area contributed by atoms with Gasteiger partial charge in [-0.25, -0.2) is 0 Å². The van der Waals surface area contributed by atoms with Gasteiger partial charge in [0, 0.05) is 32.2 Å². The molecule has 2 rings (SSSR count). The molecule has 0 saturated heterocycles. The van der Waals surface area contributed by atoms with Crippen molar-refractivity contribution < 1.29 is 0 Å². The third kappa shape index (κ3) is 3.82. The Balaban J connectivity index is 1.73. The summed E-state index contributed by atoms with van der Waals surface area (Å²) >= 11 is 0. The SMILES string of the molecule is CCCC(C)NCCN1CCc2ccccc2C1. The highest BCUT2D eigenvalue weighted by Crippen LogP contribution is 2.17. The van der Waals surface area contributed by atoms with Gasteiger partial charge in [0.15, 0.2) is 0 Å². The fraction of sp³-hybridized carbons (Fsp3) is 0.625. The van der Waals surface area contributed by atoms with E-state index in [0.717, 1.165) is 13.1 Å². The van der Waals surface area contributed by atoms with Crippen molar-refractivity contribution >= 4 is 0 Å². The van der Waals surface area contributed by atoms with E-state index in [2.05, 4.69) is 48.3 Å². The second-order valence-electron chi connectivity index (χ2n) is 5.44. The summed E-state index contributed by atoms with van der Waals surface area (Å²) in [6, 6.07) is 9.52. The predicted octanol–water partition coefficient (Wildman–Crippen LogP) is 2.82. The lowest BCUT2D eigenvalue weighted by Crippen LogP contribution is -2.38. The summed E-state index contributed by atoms with van der Waals surface area (Å²) in [7, 11) is 0. The molecule has 2 nitrogen and oxygen atoms in total. The zero-order chi connectivity index (χ0) is 12.8. The minimum atomic E-state index is 0.659. The van der Waals surface area contributed by atoms with Crippen LogP contribution in [0.1, 0.15) is 37.8 Å². The Morgan fingerprint density at radius 2 is 2.06 bits per heavy atom. The maximum atomic E-state index is 3.61. The average molecular weight is 246 g/mol. The molecule has 0 spiro atoms. The molecule has 0 amide bonds. The Morgan fingerprint density at radius 1 is 1.28 bits per heavy atom. The molecule has 1 aliphatic heterocycles. The first kappa shape index (κ1) is 13.6. The average Bonchev–Trinajstić information content (AvgIpc) is 2.39. The largest absolute Gasteiger partial charge is 0.313 e. The maximum Gasteiger partial charge on any atom is 0.0237 e. The van der Waals surface area contributed by atoms with Crippen molar-refractivity contribution in [2.24, 2.45) is 0 Å². The van der Waals surface area contributed by atoms with Gasteiger partial charge < -0.3 is 5.32 Å². The van der Waals surface area contributed by atoms with Gasteiger partial charge in [-0.2, -0.15) is 0 Å². The van der Waals surface area contributed by atoms with Crippen LogP contribution in [0.25, 0.3) is 0 Å². The molecule has 0 fully saturated rings. The monoisotopic (exact) mass is 246 g/mol. The molecular weight excluding hydrogens is 220 g/mol. The molecule has 1 atom stereocenters. The molecule has 0 saturated carbocycles. The predicted molar refractivity (Wildman–Crippen MR) is 77.8 cm³/mol. The number of nitrogens with zero attached hydrogens (tertiary/aromatic N) is 1. The lowest BCUT2D eigenvalue weighted by Gasteiger charge is -2.29. The Kier molecular flexibility index (Phi) is 5.21. The first-order valence-electron chi connectivity index (χ1n) is 7.32. The molecular formula is C16H26N2. The summed E-state index contributed by atoms with van der Waals surface area (Å²) in [5.41, 5.74) is 3.06. The first-order valence-corrected chi connectivity index (χ1v) is 7.32. The van der Waals surface area contributed by atoms with Crippen LogP contribution in [0, 0.1) is 0 Å². The molecule has 0 bridgehead atoms. The van der Waals surface area contributed by atoms with Crippen molar-refractivity contribution in [1.29, 1.82) is 0 Å². The van der Waals surface area contributed by atoms with Crippen LogP contribution in [0.5, 0.6) is 0 Å². The first-order chi connectivity index (χ1) is 8.79. The minimum Gasteiger partial charge on any atom is -0.313 e. The topological polar surface area (TPSA) is 15.3 Å². The molecule has 1 aromatic rings. The van der Waals surface area contributed by atoms with Gasteiger partial charge in [-0.05, 0) is 30.9 Å². The fourth-order valence-electron chi connectivity index (χ4n) is 2.75. The lowest BCUT2D eigenvalue weighted by atomic mass is 10.00. The zero-order valence-electron chi connectivity index (χ0n) is 11.8. The number of rotatable bonds is 6. The van der Waals surface area contributed by atoms with Gasteiger partial charge in [0.25, 0.3) is 0 Å². The van der Waals surface area contributed by atoms with E-state index in [4.69, 9.17) is 0 Å². The fourth-order valence-corrected chi connectivity index (χ4v) is 2.75. The number of hydrogen-bond donors (Lipinski definition) is 1. The normalized spacial score (nSPS) is 17.4. The number of hydrogen-bond acceptors (Lipinski definition) is 2. The third-order valence-corrected chi connectivity index (χ3v) is 3.85. The van der Waals surface area contributed by atoms with E-state index in [1.807, 2.05) is 0 Å². The molecule has 1 N–H and O–H groups in total. The van der Waals surface area contributed by atoms with E-state index >= 15 is 0 Å². The molecule has 1 heterocycles. The van der Waals surface area contributed by atoms with Crippen LogP contribution >= 0.6 is 0 Å². The molecule has 0 aromatic heterocycles. The van der Waals surface area contributed by atoms with Crippen LogP contribution in [0.4, 0.5) is 0 Å². The van der Waals surface area contributed by atoms with E-state index in [-0.39, 0.29) is 0 Å². The molecule has 2 heteroatoms. The molecule has 1 aliphatic rings. The Morgan fingerprint density at radius 3 is 2.83 bits per heavy atom. The van der Waals surface area contributed by atoms with Gasteiger partial charge in [0.2, 0.25) is 0 Å². The molecule has 18 heavy (non-hydrogen) atoms. The van der Waals surface area contributed by atoms with E-state index in [9.17, 15) is 0 Å². The van der Waals surface area contributed by atoms with Gasteiger partial charge in [-0.3, -0.25) is 4.90 Å². The summed E-state index contributed by atoms with van der Waals surface area (Å²) < 4.78 is 0. The molecule has 1 aromatic carbocycles. The van der Waals surface area contributed by atoms with Gasteiger partial charge in [0.1, 0.15) is 0 Å². The van der Waals surface area contributed by atoms with Crippen molar-refractivity contribution in [3.63, 3.8) is 0 Å². The van der Waals surface area contributed by atoms with Crippen LogP contribution in [0.2, 0.25) is 0 Å². The zero-order valence-corrected chi connectivity index (χ0v) is 11.8. The van der Waals surface area contributed by atoms with Crippen molar-refractivity contribution in [2.45, 2.75) is 45.7 Å². The summed E-state index contributed by atoms with van der Waals surface area (Å²) in [5, 5.41) is 3.61. The quantitative estimate of drug-likeness (QED) is 0.830. The van der Waals surface area contributed by atoms with E-state index < -0.39 is 0 Å². The third-order valence-electron chi connectivity index (χ3n) is 3.85. The highest BCUT2D eigenvalue weighted by Gasteiger charge is 2.14. The van der Waals surface area contributed by atoms with Crippen molar-refractivity contribution in [3.05, 3.63) is 35.4 Å². The van der Waals surface area contributed by atoms with Gasteiger partial charge >= 0.3 is 0 Å². The van der Waals surface area contributed by atoms with E-state index in [0.29, 0.717) is 6.04 Å². The number of fused-ring (bicyclic) bond motifs is 1. The van der Waals surface area contributed by atoms with E-state index in [1.54, 1.807) is 5.56 Å². The maximum absolute atomic E-state index is 3.61. The van der Waals surface area contributed by atoms with E-state index in [1.165, 1.54) is 37.9 Å². The van der Waals surface area contributed by atoms with Crippen LogP contribution in [-0.2, 0) is 13.0 Å². The standard InChI is InChI=1S/C16H26N2/c1-3-6-14(2)17-10-12-18-11-9-15-7-4-5-8-16(15)13-18/h4-5,7-8,14,17H,3,6,9-13H2,1-2H3. The second-order valence-corrected chi connectivity index (χ2v) is 5.44. The Labute approximate surface area is 111 Å². The van der Waals surface area contributed by atoms with Crippen LogP contribution < -0.4 is 5.32 Å². The molecule has 0 aliphatic carbocycles. The summed E-state index contributed by atoms with van der Waals surface area (Å²) in [5.74, 6) is 0. The highest BCUT2D eigenvalue weighted by atomic mass is 15.1. The summed E-state index contributed by atoms with van der Waals surface area (Å²) in [6.07, 6.45) is 3.76. The second kappa shape index (κ2) is 6.91. The molecule has 0 radical (unpaired) electrons. The highest BCUT2D eigenvalue weighted by molar-refractivity contribution is 5.28. The summed E-state index contributed by atoms with van der Waals surface area (Å²) in [6.45, 7) is 9.15. The Hall–Kier alpha value is -0.860. The van der Waals surface area contributed by atoms with Crippen LogP contribution in [0.3, 0.4) is 0 Å². The van der Waals surface area contributed by atoms with Gasteiger partial charge in [-0.15, -0.1) is 0 Å². The van der Waals surface area contributed by atoms with Gasteiger partial charge in [-0.1, -0.05) is 37.6 Å². The van der Waals surface area contributed by atoms with Gasteiger partial charge in [0.05, 0.1) is 0 Å². The smallest absolute Gasteiger partial charge is 0.0237 e. The minimum absolute atomic E-state index is 0.659. The lowest BCUT2D eigenvalue weighted by molar-refractivity contribution is 0.250. The van der Waals surface area contributed by atoms with Crippen LogP contribution in [0.15, 0.2) is 24.3 Å². The summed E-state index contributed by atoms with van der Waals surface area (Å²) in [4.78, 5) is 2.56. The van der Waals surface area contributed by atoms with Crippen molar-refractivity contribution in [3.8, 4) is 0 Å². The van der Waals surface area contributed by atoms with Crippen molar-refractivity contribution in [1.82, 2.24) is 10.2 Å². The number of benzene rings is 1. The van der Waals surface area contributed by atoms with Crippen LogP contribution in [-0.4, -0.2) is 30.6 Å². The molecule has 1 unspecified atom stereocenters. The van der Waals surface area contributed by atoms with Crippen molar-refractivity contribution in [2.75, 3.05) is 19.6 Å².